The molecule has 0 saturated carbocycles. The van der Waals surface area contributed by atoms with Crippen LogP contribution >= 0.6 is 0 Å². The fourth-order valence-electron chi connectivity index (χ4n) is 1.12. The minimum Gasteiger partial charge on any atom is -0.262 e. The lowest BCUT2D eigenvalue weighted by Crippen LogP contribution is -1.98. The van der Waals surface area contributed by atoms with Gasteiger partial charge in [0.05, 0.1) is 0 Å². The number of allylic oxidation sites excluding steroid dienone is 2. The van der Waals surface area contributed by atoms with Crippen molar-refractivity contribution in [3.63, 3.8) is 0 Å². The van der Waals surface area contributed by atoms with Gasteiger partial charge in [-0.1, -0.05) is 12.5 Å². The first-order valence-electron chi connectivity index (χ1n) is 3.83. The fourth-order valence-corrected chi connectivity index (χ4v) is 1.12. The third kappa shape index (κ3) is 1.28. The summed E-state index contributed by atoms with van der Waals surface area (Å²) in [6, 6.07) is 0. The zero-order valence-electron chi connectivity index (χ0n) is 7.23. The molecule has 0 aromatic heterocycles. The topological polar surface area (TPSA) is 12.4 Å². The molecule has 0 aromatic rings. The van der Waals surface area contributed by atoms with Gasteiger partial charge in [0.25, 0.3) is 0 Å². The van der Waals surface area contributed by atoms with E-state index in [0.717, 1.165) is 6.42 Å². The van der Waals surface area contributed by atoms with Crippen molar-refractivity contribution in [2.75, 3.05) is 0 Å². The number of rotatable bonds is 0. The van der Waals surface area contributed by atoms with Crippen LogP contribution < -0.4 is 0 Å². The van der Waals surface area contributed by atoms with E-state index in [-0.39, 0.29) is 0 Å². The summed E-state index contributed by atoms with van der Waals surface area (Å²) in [4.78, 5) is 4.47. The lowest BCUT2D eigenvalue weighted by molar-refractivity contribution is 0.789. The van der Waals surface area contributed by atoms with Gasteiger partial charge in [0, 0.05) is 11.4 Å². The van der Waals surface area contributed by atoms with Crippen molar-refractivity contribution in [2.45, 2.75) is 34.1 Å². The van der Waals surface area contributed by atoms with Gasteiger partial charge in [-0.2, -0.15) is 0 Å². The molecule has 0 aromatic carbocycles. The summed E-state index contributed by atoms with van der Waals surface area (Å²) in [5.74, 6) is 0.671. The van der Waals surface area contributed by atoms with Crippen molar-refractivity contribution >= 4 is 5.71 Å². The van der Waals surface area contributed by atoms with Gasteiger partial charge in [0.15, 0.2) is 0 Å². The zero-order valence-corrected chi connectivity index (χ0v) is 7.23. The first-order chi connectivity index (χ1) is 4.61. The molecule has 0 fully saturated rings. The number of hydrogen-bond donors (Lipinski definition) is 0. The molecule has 0 amide bonds. The predicted octanol–water partition coefficient (Wildman–Crippen LogP) is 2.78. The Balaban J connectivity index is 2.85. The smallest absolute Gasteiger partial charge is 0.0395 e. The van der Waals surface area contributed by atoms with Crippen molar-refractivity contribution in [1.29, 1.82) is 0 Å². The fraction of sp³-hybridized carbons (Fsp3) is 0.667. The van der Waals surface area contributed by atoms with Crippen LogP contribution in [-0.4, -0.2) is 5.71 Å². The summed E-state index contributed by atoms with van der Waals surface area (Å²) in [5.41, 5.74) is 3.95. The molecular formula is C9H15N. The van der Waals surface area contributed by atoms with Crippen LogP contribution in [0, 0.1) is 5.92 Å². The van der Waals surface area contributed by atoms with Crippen LogP contribution in [0.5, 0.6) is 0 Å². The third-order valence-electron chi connectivity index (χ3n) is 2.10. The molecule has 0 spiro atoms. The highest BCUT2D eigenvalue weighted by Crippen LogP contribution is 2.24. The van der Waals surface area contributed by atoms with Crippen LogP contribution in [-0.2, 0) is 0 Å². The lowest BCUT2D eigenvalue weighted by Gasteiger charge is -1.98. The predicted molar refractivity (Wildman–Crippen MR) is 45.3 cm³/mol. The highest BCUT2D eigenvalue weighted by Gasteiger charge is 2.16. The molecule has 1 atom stereocenters. The molecule has 1 heterocycles. The minimum absolute atomic E-state index is 0.671. The van der Waals surface area contributed by atoms with Crippen LogP contribution in [0.15, 0.2) is 16.3 Å². The van der Waals surface area contributed by atoms with E-state index in [1.165, 1.54) is 17.0 Å². The lowest BCUT2D eigenvalue weighted by atomic mass is 10.0. The van der Waals surface area contributed by atoms with Gasteiger partial charge >= 0.3 is 0 Å². The van der Waals surface area contributed by atoms with Gasteiger partial charge in [-0.05, 0) is 33.1 Å². The zero-order chi connectivity index (χ0) is 7.72. The normalized spacial score (nSPS) is 25.0. The van der Waals surface area contributed by atoms with Gasteiger partial charge < -0.3 is 0 Å². The SMILES string of the molecule is CC1=NC(=C(C)C)C[C@@H]1C. The van der Waals surface area contributed by atoms with Crippen molar-refractivity contribution < 1.29 is 0 Å². The molecule has 0 aliphatic carbocycles. The maximum Gasteiger partial charge on any atom is 0.0395 e. The minimum atomic E-state index is 0.671. The standard InChI is InChI=1S/C9H15N/c1-6(2)9-5-7(3)8(4)10-9/h7H,5H2,1-4H3/t7-/m0/s1. The van der Waals surface area contributed by atoms with Gasteiger partial charge in [-0.15, -0.1) is 0 Å². The van der Waals surface area contributed by atoms with E-state index in [9.17, 15) is 0 Å². The molecule has 56 valence electrons. The van der Waals surface area contributed by atoms with Gasteiger partial charge in [0.2, 0.25) is 0 Å². The van der Waals surface area contributed by atoms with Crippen molar-refractivity contribution in [3.05, 3.63) is 11.3 Å². The number of hydrogen-bond acceptors (Lipinski definition) is 1. The highest BCUT2D eigenvalue weighted by molar-refractivity contribution is 5.87. The first kappa shape index (κ1) is 7.52. The van der Waals surface area contributed by atoms with Crippen LogP contribution in [0.3, 0.4) is 0 Å². The Morgan fingerprint density at radius 1 is 1.50 bits per heavy atom. The molecule has 1 heteroatoms. The summed E-state index contributed by atoms with van der Waals surface area (Å²) in [7, 11) is 0. The monoisotopic (exact) mass is 137 g/mol. The molecular weight excluding hydrogens is 122 g/mol. The molecule has 10 heavy (non-hydrogen) atoms. The summed E-state index contributed by atoms with van der Waals surface area (Å²) < 4.78 is 0. The molecule has 1 aliphatic rings. The van der Waals surface area contributed by atoms with E-state index < -0.39 is 0 Å². The Hall–Kier alpha value is -0.590. The van der Waals surface area contributed by atoms with Gasteiger partial charge in [-0.25, -0.2) is 0 Å². The number of nitrogens with zero attached hydrogens (tertiary/aromatic N) is 1. The van der Waals surface area contributed by atoms with E-state index in [1.54, 1.807) is 0 Å². The average molecular weight is 137 g/mol. The Labute approximate surface area is 62.9 Å². The van der Waals surface area contributed by atoms with E-state index >= 15 is 0 Å². The maximum absolute atomic E-state index is 4.47. The summed E-state index contributed by atoms with van der Waals surface area (Å²) >= 11 is 0. The van der Waals surface area contributed by atoms with E-state index in [1.807, 2.05) is 0 Å². The quantitative estimate of drug-likeness (QED) is 0.487. The maximum atomic E-state index is 4.47. The Morgan fingerprint density at radius 2 is 2.10 bits per heavy atom. The molecule has 0 saturated heterocycles. The largest absolute Gasteiger partial charge is 0.262 e. The van der Waals surface area contributed by atoms with Crippen LogP contribution in [0.4, 0.5) is 0 Å². The van der Waals surface area contributed by atoms with E-state index in [4.69, 9.17) is 0 Å². The molecule has 0 bridgehead atoms. The molecule has 1 rings (SSSR count). The van der Waals surface area contributed by atoms with Crippen LogP contribution in [0.1, 0.15) is 34.1 Å². The van der Waals surface area contributed by atoms with Crippen LogP contribution in [0.2, 0.25) is 0 Å². The van der Waals surface area contributed by atoms with Crippen molar-refractivity contribution in [3.8, 4) is 0 Å². The third-order valence-corrected chi connectivity index (χ3v) is 2.10. The Kier molecular flexibility index (Phi) is 1.93. The summed E-state index contributed by atoms with van der Waals surface area (Å²) in [6.45, 7) is 8.60. The molecule has 1 nitrogen and oxygen atoms in total. The van der Waals surface area contributed by atoms with Crippen LogP contribution in [0.25, 0.3) is 0 Å². The van der Waals surface area contributed by atoms with Gasteiger partial charge in [-0.3, -0.25) is 4.99 Å². The molecule has 0 N–H and O–H groups in total. The summed E-state index contributed by atoms with van der Waals surface area (Å²) in [5, 5.41) is 0. The highest BCUT2D eigenvalue weighted by atomic mass is 14.8. The Bertz CT molecular complexity index is 195. The van der Waals surface area contributed by atoms with E-state index in [2.05, 4.69) is 32.7 Å². The molecule has 0 radical (unpaired) electrons. The Morgan fingerprint density at radius 3 is 2.30 bits per heavy atom. The number of aliphatic imine (C=N–C) groups is 1. The molecule has 1 aliphatic heterocycles. The summed E-state index contributed by atoms with van der Waals surface area (Å²) in [6.07, 6.45) is 1.15. The second kappa shape index (κ2) is 2.57. The second-order valence-electron chi connectivity index (χ2n) is 3.31. The van der Waals surface area contributed by atoms with Crippen molar-refractivity contribution in [1.82, 2.24) is 0 Å². The van der Waals surface area contributed by atoms with E-state index in [0.29, 0.717) is 5.92 Å². The molecule has 0 unspecified atom stereocenters. The second-order valence-corrected chi connectivity index (χ2v) is 3.31. The van der Waals surface area contributed by atoms with Crippen molar-refractivity contribution in [2.24, 2.45) is 10.9 Å². The average Bonchev–Trinajstić information content (AvgIpc) is 2.13. The van der Waals surface area contributed by atoms with Gasteiger partial charge in [0.1, 0.15) is 0 Å². The first-order valence-corrected chi connectivity index (χ1v) is 3.83.